The highest BCUT2D eigenvalue weighted by atomic mass is 32.2. The third-order valence-electron chi connectivity index (χ3n) is 3.49. The lowest BCUT2D eigenvalue weighted by molar-refractivity contribution is 0.0591. The molecule has 0 heterocycles. The van der Waals surface area contributed by atoms with Gasteiger partial charge in [0.1, 0.15) is 0 Å². The Morgan fingerprint density at radius 3 is 1.45 bits per heavy atom. The lowest BCUT2D eigenvalue weighted by Crippen LogP contribution is -2.15. The number of ether oxygens (including phenoxy) is 2. The van der Waals surface area contributed by atoms with Gasteiger partial charge in [0.2, 0.25) is 0 Å². The minimum absolute atomic E-state index is 0.0367. The first-order valence-corrected chi connectivity index (χ1v) is 10.6. The molecule has 0 spiro atoms. The van der Waals surface area contributed by atoms with Crippen molar-refractivity contribution in [3.8, 4) is 0 Å². The predicted octanol–water partition coefficient (Wildman–Crippen LogP) is 1.33. The third kappa shape index (κ3) is 5.60. The van der Waals surface area contributed by atoms with Gasteiger partial charge in [0.25, 0.3) is 20.2 Å². The standard InChI is InChI=1S/C17H16O10S2/c1-24-16(18)12-5-3-7-14(9-12)28(20,21)26-11-27-29(22,23)15-8-4-6-13(10-15)17(19)25-2/h3-10H,11H2,1-2H3. The molecule has 0 aromatic heterocycles. The number of rotatable bonds is 8. The zero-order chi connectivity index (χ0) is 21.7. The fourth-order valence-corrected chi connectivity index (χ4v) is 3.79. The summed E-state index contributed by atoms with van der Waals surface area (Å²) in [5, 5.41) is 0. The molecule has 0 unspecified atom stereocenters. The van der Waals surface area contributed by atoms with E-state index in [0.717, 1.165) is 38.5 Å². The molecule has 2 rings (SSSR count). The molecular weight excluding hydrogens is 428 g/mol. The Hall–Kier alpha value is -2.80. The average molecular weight is 444 g/mol. The summed E-state index contributed by atoms with van der Waals surface area (Å²) in [5.41, 5.74) is -0.0734. The highest BCUT2D eigenvalue weighted by Crippen LogP contribution is 2.18. The van der Waals surface area contributed by atoms with Crippen molar-refractivity contribution in [2.24, 2.45) is 0 Å². The van der Waals surface area contributed by atoms with Crippen LogP contribution in [0.5, 0.6) is 0 Å². The van der Waals surface area contributed by atoms with Crippen LogP contribution in [0.15, 0.2) is 58.3 Å². The molecule has 2 aromatic rings. The SMILES string of the molecule is COC(=O)c1cccc(S(=O)(=O)OCOS(=O)(=O)c2cccc(C(=O)OC)c2)c1. The summed E-state index contributed by atoms with van der Waals surface area (Å²) in [6.07, 6.45) is 0. The van der Waals surface area contributed by atoms with Crippen molar-refractivity contribution in [2.75, 3.05) is 21.0 Å². The van der Waals surface area contributed by atoms with Crippen LogP contribution in [0.25, 0.3) is 0 Å². The van der Waals surface area contributed by atoms with Crippen LogP contribution in [0, 0.1) is 0 Å². The summed E-state index contributed by atoms with van der Waals surface area (Å²) in [5.74, 6) is -1.52. The van der Waals surface area contributed by atoms with Gasteiger partial charge in [0.15, 0.2) is 6.79 Å². The average Bonchev–Trinajstić information content (AvgIpc) is 2.72. The molecule has 0 aliphatic rings. The maximum atomic E-state index is 12.2. The van der Waals surface area contributed by atoms with Crippen LogP contribution in [0.1, 0.15) is 20.7 Å². The van der Waals surface area contributed by atoms with E-state index in [4.69, 9.17) is 0 Å². The molecule has 2 aromatic carbocycles. The van der Waals surface area contributed by atoms with E-state index < -0.39 is 48.8 Å². The molecule has 0 fully saturated rings. The van der Waals surface area contributed by atoms with Gasteiger partial charge in [-0.05, 0) is 36.4 Å². The van der Waals surface area contributed by atoms with Crippen molar-refractivity contribution in [3.05, 3.63) is 59.7 Å². The van der Waals surface area contributed by atoms with Crippen LogP contribution in [-0.4, -0.2) is 49.8 Å². The molecule has 0 atom stereocenters. The monoisotopic (exact) mass is 444 g/mol. The lowest BCUT2D eigenvalue weighted by atomic mass is 10.2. The van der Waals surface area contributed by atoms with Crippen LogP contribution in [0.4, 0.5) is 0 Å². The molecule has 0 bridgehead atoms. The van der Waals surface area contributed by atoms with Crippen LogP contribution < -0.4 is 0 Å². The number of carbonyl (C=O) groups excluding carboxylic acids is 2. The van der Waals surface area contributed by atoms with Crippen molar-refractivity contribution >= 4 is 32.2 Å². The highest BCUT2D eigenvalue weighted by molar-refractivity contribution is 7.87. The van der Waals surface area contributed by atoms with Crippen molar-refractivity contribution < 1.29 is 44.3 Å². The van der Waals surface area contributed by atoms with Crippen LogP contribution >= 0.6 is 0 Å². The molecule has 0 aliphatic heterocycles. The number of carbonyl (C=O) groups is 2. The zero-order valence-electron chi connectivity index (χ0n) is 15.2. The van der Waals surface area contributed by atoms with E-state index in [1.807, 2.05) is 0 Å². The van der Waals surface area contributed by atoms with Crippen molar-refractivity contribution in [1.29, 1.82) is 0 Å². The summed E-state index contributed by atoms with van der Waals surface area (Å²) in [6, 6.07) is 9.56. The van der Waals surface area contributed by atoms with Gasteiger partial charge in [-0.3, -0.25) is 0 Å². The summed E-state index contributed by atoms with van der Waals surface area (Å²) in [6.45, 7) is -1.16. The maximum absolute atomic E-state index is 12.2. The molecule has 0 radical (unpaired) electrons. The van der Waals surface area contributed by atoms with Crippen molar-refractivity contribution in [3.63, 3.8) is 0 Å². The van der Waals surface area contributed by atoms with Crippen LogP contribution in [0.2, 0.25) is 0 Å². The lowest BCUT2D eigenvalue weighted by Gasteiger charge is -2.09. The largest absolute Gasteiger partial charge is 0.465 e. The van der Waals surface area contributed by atoms with Gasteiger partial charge in [-0.2, -0.15) is 16.8 Å². The summed E-state index contributed by atoms with van der Waals surface area (Å²) >= 11 is 0. The topological polar surface area (TPSA) is 139 Å². The minimum atomic E-state index is -4.43. The quantitative estimate of drug-likeness (QED) is 0.333. The molecule has 0 aliphatic carbocycles. The molecular formula is C17H16O10S2. The Balaban J connectivity index is 2.12. The zero-order valence-corrected chi connectivity index (χ0v) is 16.9. The van der Waals surface area contributed by atoms with E-state index in [1.54, 1.807) is 0 Å². The number of benzene rings is 2. The highest BCUT2D eigenvalue weighted by Gasteiger charge is 2.22. The summed E-state index contributed by atoms with van der Waals surface area (Å²) in [4.78, 5) is 22.2. The first-order valence-electron chi connectivity index (χ1n) is 7.76. The number of esters is 2. The molecule has 156 valence electrons. The fraction of sp³-hybridized carbons (Fsp3) is 0.176. The molecule has 0 saturated carbocycles. The van der Waals surface area contributed by atoms with E-state index >= 15 is 0 Å². The van der Waals surface area contributed by atoms with Gasteiger partial charge >= 0.3 is 11.9 Å². The Kier molecular flexibility index (Phi) is 7.08. The molecule has 0 saturated heterocycles. The Bertz CT molecular complexity index is 1030. The normalized spacial score (nSPS) is 11.7. The van der Waals surface area contributed by atoms with E-state index in [2.05, 4.69) is 17.8 Å². The first kappa shape index (κ1) is 22.5. The molecule has 0 N–H and O–H groups in total. The minimum Gasteiger partial charge on any atom is -0.465 e. The predicted molar refractivity (Wildman–Crippen MR) is 97.0 cm³/mol. The molecule has 29 heavy (non-hydrogen) atoms. The number of hydrogen-bond acceptors (Lipinski definition) is 10. The third-order valence-corrected chi connectivity index (χ3v) is 5.97. The second kappa shape index (κ2) is 9.13. The second-order valence-corrected chi connectivity index (χ2v) is 8.53. The van der Waals surface area contributed by atoms with Crippen LogP contribution in [-0.2, 0) is 38.1 Å². The van der Waals surface area contributed by atoms with Crippen LogP contribution in [0.3, 0.4) is 0 Å². The van der Waals surface area contributed by atoms with E-state index in [9.17, 15) is 26.4 Å². The van der Waals surface area contributed by atoms with Gasteiger partial charge in [-0.25, -0.2) is 18.0 Å². The van der Waals surface area contributed by atoms with Crippen molar-refractivity contribution in [2.45, 2.75) is 9.79 Å². The number of hydrogen-bond donors (Lipinski definition) is 0. The van der Waals surface area contributed by atoms with Gasteiger partial charge in [0.05, 0.1) is 35.1 Å². The Morgan fingerprint density at radius 1 is 0.724 bits per heavy atom. The summed E-state index contributed by atoms with van der Waals surface area (Å²) in [7, 11) is -6.59. The smallest absolute Gasteiger partial charge is 0.337 e. The fourth-order valence-electron chi connectivity index (χ4n) is 2.08. The number of methoxy groups -OCH3 is 2. The second-order valence-electron chi connectivity index (χ2n) is 5.30. The van der Waals surface area contributed by atoms with Crippen molar-refractivity contribution in [1.82, 2.24) is 0 Å². The van der Waals surface area contributed by atoms with Gasteiger partial charge in [0, 0.05) is 0 Å². The Morgan fingerprint density at radius 2 is 1.10 bits per heavy atom. The van der Waals surface area contributed by atoms with Gasteiger partial charge in [-0.1, -0.05) is 12.1 Å². The van der Waals surface area contributed by atoms with Gasteiger partial charge in [-0.15, -0.1) is 0 Å². The molecule has 12 heteroatoms. The van der Waals surface area contributed by atoms with E-state index in [1.165, 1.54) is 24.3 Å². The first-order chi connectivity index (χ1) is 13.6. The van der Waals surface area contributed by atoms with E-state index in [-0.39, 0.29) is 11.1 Å². The molecule has 0 amide bonds. The Labute approximate surface area is 167 Å². The van der Waals surface area contributed by atoms with E-state index in [0.29, 0.717) is 0 Å². The summed E-state index contributed by atoms with van der Waals surface area (Å²) < 4.78 is 66.9. The maximum Gasteiger partial charge on any atom is 0.337 e. The van der Waals surface area contributed by atoms with Gasteiger partial charge < -0.3 is 9.47 Å². The molecule has 10 nitrogen and oxygen atoms in total.